The van der Waals surface area contributed by atoms with Crippen LogP contribution in [0.1, 0.15) is 0 Å². The van der Waals surface area contributed by atoms with Crippen LogP contribution in [0.3, 0.4) is 0 Å². The third kappa shape index (κ3) is 2.20. The van der Waals surface area contributed by atoms with E-state index in [0.29, 0.717) is 11.8 Å². The summed E-state index contributed by atoms with van der Waals surface area (Å²) in [5.41, 5.74) is 0.977. The molecule has 2 aromatic carbocycles. The van der Waals surface area contributed by atoms with Crippen molar-refractivity contribution in [3.05, 3.63) is 47.2 Å². The zero-order valence-electron chi connectivity index (χ0n) is 10.3. The van der Waals surface area contributed by atoms with Gasteiger partial charge >= 0.3 is 0 Å². The van der Waals surface area contributed by atoms with Gasteiger partial charge in [-0.25, -0.2) is 4.98 Å². The highest BCUT2D eigenvalue weighted by Gasteiger charge is 2.07. The van der Waals surface area contributed by atoms with Crippen molar-refractivity contribution in [1.29, 1.82) is 0 Å². The molecule has 0 atom stereocenters. The summed E-state index contributed by atoms with van der Waals surface area (Å²) in [6.45, 7) is 0. The molecule has 0 bridgehead atoms. The van der Waals surface area contributed by atoms with Crippen LogP contribution in [-0.4, -0.2) is 22.1 Å². The highest BCUT2D eigenvalue weighted by Crippen LogP contribution is 2.26. The van der Waals surface area contributed by atoms with E-state index in [1.165, 1.54) is 0 Å². The van der Waals surface area contributed by atoms with Crippen LogP contribution in [0.2, 0.25) is 0 Å². The molecule has 3 aromatic rings. The second-order valence-electron chi connectivity index (χ2n) is 4.02. The van der Waals surface area contributed by atoms with Gasteiger partial charge in [0.05, 0.1) is 7.11 Å². The van der Waals surface area contributed by atoms with Crippen molar-refractivity contribution < 1.29 is 4.74 Å². The molecule has 0 amide bonds. The number of fused-ring (bicyclic) bond motifs is 1. The molecule has 0 spiro atoms. The molecule has 0 saturated carbocycles. The number of nitrogens with one attached hydrogen (secondary N) is 1. The van der Waals surface area contributed by atoms with Crippen LogP contribution in [0.5, 0.6) is 6.01 Å². The first-order valence-corrected chi connectivity index (χ1v) is 6.19. The molecule has 1 heterocycles. The molecule has 5 heteroatoms. The van der Waals surface area contributed by atoms with Crippen LogP contribution >= 0.6 is 12.2 Å². The highest BCUT2D eigenvalue weighted by molar-refractivity contribution is 7.71. The van der Waals surface area contributed by atoms with Gasteiger partial charge in [0.15, 0.2) is 0 Å². The van der Waals surface area contributed by atoms with Crippen LogP contribution in [0.4, 0.5) is 0 Å². The summed E-state index contributed by atoms with van der Waals surface area (Å²) in [5, 5.41) is 2.26. The summed E-state index contributed by atoms with van der Waals surface area (Å²) in [7, 11) is 1.54. The molecule has 0 radical (unpaired) electrons. The number of nitrogens with zero attached hydrogens (tertiary/aromatic N) is 2. The summed E-state index contributed by atoms with van der Waals surface area (Å²) < 4.78 is 5.36. The quantitative estimate of drug-likeness (QED) is 0.725. The molecule has 0 fully saturated rings. The van der Waals surface area contributed by atoms with Crippen molar-refractivity contribution in [3.8, 4) is 17.4 Å². The second-order valence-corrected chi connectivity index (χ2v) is 4.38. The number of hydrogen-bond acceptors (Lipinski definition) is 4. The summed E-state index contributed by atoms with van der Waals surface area (Å²) >= 11 is 5.05. The van der Waals surface area contributed by atoms with Gasteiger partial charge in [0.1, 0.15) is 5.82 Å². The van der Waals surface area contributed by atoms with E-state index in [-0.39, 0.29) is 4.77 Å². The summed E-state index contributed by atoms with van der Waals surface area (Å²) in [4.78, 5) is 11.3. The Kier molecular flexibility index (Phi) is 2.97. The van der Waals surface area contributed by atoms with Gasteiger partial charge in [0.25, 0.3) is 6.01 Å². The number of aromatic amines is 1. The first kappa shape index (κ1) is 11.8. The monoisotopic (exact) mass is 269 g/mol. The first-order valence-electron chi connectivity index (χ1n) is 5.78. The van der Waals surface area contributed by atoms with Gasteiger partial charge in [-0.2, -0.15) is 4.98 Å². The molecule has 94 valence electrons. The number of rotatable bonds is 2. The van der Waals surface area contributed by atoms with Crippen LogP contribution in [-0.2, 0) is 0 Å². The van der Waals surface area contributed by atoms with Crippen molar-refractivity contribution >= 4 is 23.0 Å². The fourth-order valence-corrected chi connectivity index (χ4v) is 2.20. The fraction of sp³-hybridized carbons (Fsp3) is 0.0714. The standard InChI is InChI=1S/C14H11N3OS/c1-18-13-15-12(16-14(19)17-13)11-8-4-6-9-5-2-3-7-10(9)11/h2-8H,1H3,(H,15,16,17,19). The largest absolute Gasteiger partial charge is 0.468 e. The minimum atomic E-state index is 0.263. The zero-order chi connectivity index (χ0) is 13.2. The topological polar surface area (TPSA) is 50.8 Å². The molecule has 0 aliphatic heterocycles. The Bertz CT molecular complexity index is 793. The molecular weight excluding hydrogens is 258 g/mol. The average molecular weight is 269 g/mol. The number of methoxy groups -OCH3 is 1. The molecule has 19 heavy (non-hydrogen) atoms. The molecule has 0 saturated heterocycles. The van der Waals surface area contributed by atoms with Gasteiger partial charge in [-0.15, -0.1) is 0 Å². The third-order valence-corrected chi connectivity index (χ3v) is 3.05. The maximum Gasteiger partial charge on any atom is 0.297 e. The smallest absolute Gasteiger partial charge is 0.297 e. The van der Waals surface area contributed by atoms with Gasteiger partial charge in [-0.1, -0.05) is 42.5 Å². The number of aromatic nitrogens is 3. The Morgan fingerprint density at radius 1 is 1.05 bits per heavy atom. The van der Waals surface area contributed by atoms with E-state index in [4.69, 9.17) is 17.0 Å². The zero-order valence-corrected chi connectivity index (χ0v) is 11.1. The predicted octanol–water partition coefficient (Wildman–Crippen LogP) is 3.36. The third-order valence-electron chi connectivity index (χ3n) is 2.87. The van der Waals surface area contributed by atoms with Crippen molar-refractivity contribution in [2.24, 2.45) is 0 Å². The van der Waals surface area contributed by atoms with Gasteiger partial charge in [0.2, 0.25) is 4.77 Å². The Balaban J connectivity index is 2.30. The lowest BCUT2D eigenvalue weighted by molar-refractivity contribution is 0.378. The predicted molar refractivity (Wildman–Crippen MR) is 76.7 cm³/mol. The van der Waals surface area contributed by atoms with Crippen LogP contribution in [0, 0.1) is 4.77 Å². The lowest BCUT2D eigenvalue weighted by Gasteiger charge is -2.07. The number of benzene rings is 2. The summed E-state index contributed by atoms with van der Waals surface area (Å²) in [6, 6.07) is 14.5. The second kappa shape index (κ2) is 4.78. The lowest BCUT2D eigenvalue weighted by Crippen LogP contribution is -1.98. The molecule has 0 aliphatic rings. The number of ether oxygens (including phenoxy) is 1. The number of hydrogen-bond donors (Lipinski definition) is 1. The van der Waals surface area contributed by atoms with Gasteiger partial charge < -0.3 is 4.74 Å². The Labute approximate surface area is 115 Å². The average Bonchev–Trinajstić information content (AvgIpc) is 2.46. The lowest BCUT2D eigenvalue weighted by atomic mass is 10.0. The molecule has 1 aromatic heterocycles. The Morgan fingerprint density at radius 2 is 1.84 bits per heavy atom. The van der Waals surface area contributed by atoms with E-state index in [2.05, 4.69) is 33.2 Å². The molecule has 3 rings (SSSR count). The minimum Gasteiger partial charge on any atom is -0.468 e. The molecule has 4 nitrogen and oxygen atoms in total. The van der Waals surface area contributed by atoms with E-state index in [1.807, 2.05) is 24.3 Å². The van der Waals surface area contributed by atoms with E-state index >= 15 is 0 Å². The van der Waals surface area contributed by atoms with Crippen LogP contribution in [0.25, 0.3) is 22.2 Å². The summed E-state index contributed by atoms with van der Waals surface area (Å²) in [5.74, 6) is 0.661. The van der Waals surface area contributed by atoms with Crippen molar-refractivity contribution in [1.82, 2.24) is 15.0 Å². The SMILES string of the molecule is COc1nc(=S)nc(-c2cccc3ccccc23)[nH]1. The fourth-order valence-electron chi connectivity index (χ4n) is 2.02. The van der Waals surface area contributed by atoms with E-state index in [1.54, 1.807) is 7.11 Å². The van der Waals surface area contributed by atoms with Crippen molar-refractivity contribution in [2.45, 2.75) is 0 Å². The van der Waals surface area contributed by atoms with Crippen molar-refractivity contribution in [3.63, 3.8) is 0 Å². The van der Waals surface area contributed by atoms with E-state index < -0.39 is 0 Å². The number of H-pyrrole nitrogens is 1. The van der Waals surface area contributed by atoms with E-state index in [9.17, 15) is 0 Å². The molecule has 0 unspecified atom stereocenters. The van der Waals surface area contributed by atoms with Gasteiger partial charge in [-0.05, 0) is 23.0 Å². The highest BCUT2D eigenvalue weighted by atomic mass is 32.1. The van der Waals surface area contributed by atoms with Crippen molar-refractivity contribution in [2.75, 3.05) is 7.11 Å². The van der Waals surface area contributed by atoms with Gasteiger partial charge in [-0.3, -0.25) is 4.98 Å². The van der Waals surface area contributed by atoms with Crippen LogP contribution < -0.4 is 4.74 Å². The summed E-state index contributed by atoms with van der Waals surface area (Å²) in [6.07, 6.45) is 0. The normalized spacial score (nSPS) is 10.6. The van der Waals surface area contributed by atoms with Crippen LogP contribution in [0.15, 0.2) is 42.5 Å². The Morgan fingerprint density at radius 3 is 2.68 bits per heavy atom. The van der Waals surface area contributed by atoms with E-state index in [0.717, 1.165) is 16.3 Å². The maximum absolute atomic E-state index is 5.10. The Hall–Kier alpha value is -2.27. The van der Waals surface area contributed by atoms with Gasteiger partial charge in [0, 0.05) is 5.56 Å². The molecule has 0 aliphatic carbocycles. The maximum atomic E-state index is 5.10. The minimum absolute atomic E-state index is 0.263. The molecule has 1 N–H and O–H groups in total. The molecular formula is C14H11N3OS. The first-order chi connectivity index (χ1) is 9.28.